The molecule has 0 aliphatic carbocycles. The number of fused-ring (bicyclic) bond motifs is 1. The molecule has 0 fully saturated rings. The molecule has 1 unspecified atom stereocenters. The molecule has 3 rings (SSSR count). The first kappa shape index (κ1) is 11.8. The lowest BCUT2D eigenvalue weighted by Crippen LogP contribution is -1.98. The van der Waals surface area contributed by atoms with Gasteiger partial charge in [-0.2, -0.15) is 0 Å². The number of phenols is 1. The van der Waals surface area contributed by atoms with Crippen molar-refractivity contribution in [2.45, 2.75) is 13.0 Å². The average Bonchev–Trinajstić information content (AvgIpc) is 2.81. The van der Waals surface area contributed by atoms with Gasteiger partial charge in [-0.25, -0.2) is 0 Å². The molecule has 3 nitrogen and oxygen atoms in total. The molecule has 0 saturated heterocycles. The molecule has 3 aromatic rings. The fourth-order valence-electron chi connectivity index (χ4n) is 2.18. The van der Waals surface area contributed by atoms with Crippen LogP contribution in [0.4, 0.5) is 0 Å². The highest BCUT2D eigenvalue weighted by atomic mass is 16.3. The molecule has 96 valence electrons. The Balaban J connectivity index is 2.08. The van der Waals surface area contributed by atoms with E-state index in [1.165, 1.54) is 6.26 Å². The van der Waals surface area contributed by atoms with Gasteiger partial charge in [-0.3, -0.25) is 0 Å². The summed E-state index contributed by atoms with van der Waals surface area (Å²) in [5.41, 5.74) is 3.26. The Kier molecular flexibility index (Phi) is 2.76. The first-order valence-electron chi connectivity index (χ1n) is 6.10. The highest BCUT2D eigenvalue weighted by Gasteiger charge is 2.16. The molecule has 2 aromatic carbocycles. The molecule has 0 spiro atoms. The van der Waals surface area contributed by atoms with Crippen LogP contribution in [-0.4, -0.2) is 10.2 Å². The Labute approximate surface area is 110 Å². The summed E-state index contributed by atoms with van der Waals surface area (Å²) in [6, 6.07) is 12.6. The van der Waals surface area contributed by atoms with Crippen LogP contribution in [0.25, 0.3) is 11.0 Å². The van der Waals surface area contributed by atoms with E-state index in [0.29, 0.717) is 11.1 Å². The van der Waals surface area contributed by atoms with Crippen molar-refractivity contribution < 1.29 is 14.6 Å². The van der Waals surface area contributed by atoms with Crippen molar-refractivity contribution >= 4 is 11.0 Å². The second-order valence-corrected chi connectivity index (χ2v) is 4.68. The molecule has 3 heteroatoms. The first-order chi connectivity index (χ1) is 9.15. The van der Waals surface area contributed by atoms with Gasteiger partial charge >= 0.3 is 0 Å². The summed E-state index contributed by atoms with van der Waals surface area (Å²) in [6.07, 6.45) is 0.776. The molecule has 0 amide bonds. The lowest BCUT2D eigenvalue weighted by atomic mass is 10.00. The van der Waals surface area contributed by atoms with E-state index < -0.39 is 6.10 Å². The van der Waals surface area contributed by atoms with Crippen molar-refractivity contribution in [1.29, 1.82) is 0 Å². The van der Waals surface area contributed by atoms with Crippen molar-refractivity contribution in [3.63, 3.8) is 0 Å². The van der Waals surface area contributed by atoms with Gasteiger partial charge in [-0.05, 0) is 30.7 Å². The molecule has 2 N–H and O–H groups in total. The molecule has 1 aromatic heterocycles. The van der Waals surface area contributed by atoms with Gasteiger partial charge in [0.1, 0.15) is 17.4 Å². The summed E-state index contributed by atoms with van der Waals surface area (Å²) < 4.78 is 5.40. The maximum Gasteiger partial charge on any atom is 0.134 e. The van der Waals surface area contributed by atoms with E-state index in [0.717, 1.165) is 16.5 Å². The van der Waals surface area contributed by atoms with Crippen LogP contribution in [0, 0.1) is 6.92 Å². The molecule has 0 saturated carbocycles. The topological polar surface area (TPSA) is 53.6 Å². The molecule has 1 heterocycles. The zero-order valence-electron chi connectivity index (χ0n) is 10.5. The first-order valence-corrected chi connectivity index (χ1v) is 6.10. The van der Waals surface area contributed by atoms with Gasteiger partial charge in [0, 0.05) is 10.9 Å². The van der Waals surface area contributed by atoms with Crippen LogP contribution in [0.3, 0.4) is 0 Å². The molecule has 19 heavy (non-hydrogen) atoms. The molecule has 0 aliphatic rings. The number of furan rings is 1. The number of aryl methyl sites for hydroxylation is 1. The van der Waals surface area contributed by atoms with Crippen LogP contribution in [0.15, 0.2) is 53.1 Å². The zero-order chi connectivity index (χ0) is 13.4. The maximum atomic E-state index is 10.4. The maximum absolute atomic E-state index is 10.4. The van der Waals surface area contributed by atoms with Crippen molar-refractivity contribution in [2.75, 3.05) is 0 Å². The van der Waals surface area contributed by atoms with E-state index in [1.807, 2.05) is 31.2 Å². The number of benzene rings is 2. The minimum atomic E-state index is -0.761. The standard InChI is InChI=1S/C16H14O3/c1-10-2-4-11(5-3-10)16(18)14-9-19-15-7-6-12(17)8-13(14)15/h2-9,16-18H,1H3. The molecule has 0 bridgehead atoms. The third kappa shape index (κ3) is 2.09. The predicted octanol–water partition coefficient (Wildman–Crippen LogP) is 3.53. The second-order valence-electron chi connectivity index (χ2n) is 4.68. The summed E-state index contributed by atoms with van der Waals surface area (Å²) in [5.74, 6) is 0.159. The largest absolute Gasteiger partial charge is 0.508 e. The fourth-order valence-corrected chi connectivity index (χ4v) is 2.18. The number of phenolic OH excluding ortho intramolecular Hbond substituents is 1. The van der Waals surface area contributed by atoms with E-state index >= 15 is 0 Å². The second kappa shape index (κ2) is 4.44. The number of aliphatic hydroxyl groups is 1. The smallest absolute Gasteiger partial charge is 0.134 e. The highest BCUT2D eigenvalue weighted by Crippen LogP contribution is 2.32. The van der Waals surface area contributed by atoms with Crippen molar-refractivity contribution in [1.82, 2.24) is 0 Å². The number of rotatable bonds is 2. The van der Waals surface area contributed by atoms with E-state index in [9.17, 15) is 10.2 Å². The number of aliphatic hydroxyl groups excluding tert-OH is 1. The van der Waals surface area contributed by atoms with Crippen LogP contribution in [0.2, 0.25) is 0 Å². The van der Waals surface area contributed by atoms with E-state index in [1.54, 1.807) is 18.2 Å². The Bertz CT molecular complexity index is 710. The lowest BCUT2D eigenvalue weighted by molar-refractivity contribution is 0.220. The highest BCUT2D eigenvalue weighted by molar-refractivity contribution is 5.83. The number of aromatic hydroxyl groups is 1. The third-order valence-corrected chi connectivity index (χ3v) is 3.27. The summed E-state index contributed by atoms with van der Waals surface area (Å²) >= 11 is 0. The van der Waals surface area contributed by atoms with Gasteiger partial charge in [0.15, 0.2) is 0 Å². The predicted molar refractivity (Wildman–Crippen MR) is 73.1 cm³/mol. The Hall–Kier alpha value is -2.26. The minimum Gasteiger partial charge on any atom is -0.508 e. The van der Waals surface area contributed by atoms with Gasteiger partial charge in [0.2, 0.25) is 0 Å². The third-order valence-electron chi connectivity index (χ3n) is 3.27. The van der Waals surface area contributed by atoms with E-state index in [4.69, 9.17) is 4.42 Å². The summed E-state index contributed by atoms with van der Waals surface area (Å²) in [5, 5.41) is 20.7. The molecule has 1 atom stereocenters. The lowest BCUT2D eigenvalue weighted by Gasteiger charge is -2.09. The van der Waals surface area contributed by atoms with Crippen molar-refractivity contribution in [3.8, 4) is 5.75 Å². The summed E-state index contributed by atoms with van der Waals surface area (Å²) in [6.45, 7) is 2.00. The van der Waals surface area contributed by atoms with Gasteiger partial charge in [-0.15, -0.1) is 0 Å². The summed E-state index contributed by atoms with van der Waals surface area (Å²) in [4.78, 5) is 0. The van der Waals surface area contributed by atoms with E-state index in [2.05, 4.69) is 0 Å². The van der Waals surface area contributed by atoms with Crippen LogP contribution >= 0.6 is 0 Å². The number of hydrogen-bond acceptors (Lipinski definition) is 3. The Morgan fingerprint density at radius 1 is 1.05 bits per heavy atom. The fraction of sp³-hybridized carbons (Fsp3) is 0.125. The van der Waals surface area contributed by atoms with Crippen molar-refractivity contribution in [3.05, 3.63) is 65.4 Å². The average molecular weight is 254 g/mol. The van der Waals surface area contributed by atoms with Gasteiger partial charge < -0.3 is 14.6 Å². The van der Waals surface area contributed by atoms with Crippen LogP contribution in [-0.2, 0) is 0 Å². The monoisotopic (exact) mass is 254 g/mol. The van der Waals surface area contributed by atoms with Crippen LogP contribution in [0.1, 0.15) is 22.8 Å². The van der Waals surface area contributed by atoms with Gasteiger partial charge in [0.25, 0.3) is 0 Å². The molecule has 0 radical (unpaired) electrons. The minimum absolute atomic E-state index is 0.159. The van der Waals surface area contributed by atoms with Gasteiger partial charge in [0.05, 0.1) is 6.26 Å². The van der Waals surface area contributed by atoms with Crippen LogP contribution in [0.5, 0.6) is 5.75 Å². The van der Waals surface area contributed by atoms with Crippen molar-refractivity contribution in [2.24, 2.45) is 0 Å². The zero-order valence-corrected chi connectivity index (χ0v) is 10.5. The Morgan fingerprint density at radius 2 is 1.79 bits per heavy atom. The molecule has 0 aliphatic heterocycles. The normalized spacial score (nSPS) is 12.7. The van der Waals surface area contributed by atoms with E-state index in [-0.39, 0.29) is 5.75 Å². The number of hydrogen-bond donors (Lipinski definition) is 2. The molecular weight excluding hydrogens is 240 g/mol. The quantitative estimate of drug-likeness (QED) is 0.735. The van der Waals surface area contributed by atoms with Crippen LogP contribution < -0.4 is 0 Å². The van der Waals surface area contributed by atoms with Gasteiger partial charge in [-0.1, -0.05) is 29.8 Å². The molecular formula is C16H14O3. The summed E-state index contributed by atoms with van der Waals surface area (Å²) in [7, 11) is 0. The SMILES string of the molecule is Cc1ccc(C(O)c2coc3ccc(O)cc23)cc1. The Morgan fingerprint density at radius 3 is 2.53 bits per heavy atom.